The van der Waals surface area contributed by atoms with Crippen molar-refractivity contribution in [2.75, 3.05) is 6.54 Å². The fourth-order valence-corrected chi connectivity index (χ4v) is 4.26. The van der Waals surface area contributed by atoms with Gasteiger partial charge in [-0.2, -0.15) is 0 Å². The lowest BCUT2D eigenvalue weighted by Gasteiger charge is -2.15. The molecule has 1 atom stereocenters. The summed E-state index contributed by atoms with van der Waals surface area (Å²) < 4.78 is 28.1. The van der Waals surface area contributed by atoms with Crippen molar-refractivity contribution in [1.29, 1.82) is 0 Å². The molecule has 0 amide bonds. The van der Waals surface area contributed by atoms with Crippen LogP contribution in [0.25, 0.3) is 0 Å². The van der Waals surface area contributed by atoms with Crippen molar-refractivity contribution < 1.29 is 8.42 Å². The highest BCUT2D eigenvalue weighted by atomic mass is 79.9. The summed E-state index contributed by atoms with van der Waals surface area (Å²) >= 11 is 6.51. The number of halogens is 2. The zero-order chi connectivity index (χ0) is 14.6. The molecule has 0 saturated carbocycles. The van der Waals surface area contributed by atoms with Gasteiger partial charge >= 0.3 is 0 Å². The van der Waals surface area contributed by atoms with E-state index < -0.39 is 10.0 Å². The largest absolute Gasteiger partial charge is 0.327 e. The molecule has 0 saturated heterocycles. The molecule has 1 aromatic rings. The maximum absolute atomic E-state index is 12.2. The van der Waals surface area contributed by atoms with Gasteiger partial charge in [-0.05, 0) is 46.5 Å². The fraction of sp³-hybridized carbons (Fsp3) is 0.500. The number of rotatable bonds is 6. The van der Waals surface area contributed by atoms with Crippen LogP contribution in [0.3, 0.4) is 0 Å². The first kappa shape index (κ1) is 17.1. The monoisotopic (exact) mass is 412 g/mol. The van der Waals surface area contributed by atoms with Gasteiger partial charge in [0.2, 0.25) is 10.0 Å². The van der Waals surface area contributed by atoms with Crippen molar-refractivity contribution in [2.24, 2.45) is 11.7 Å². The first-order valence-corrected chi connectivity index (χ1v) is 8.99. The summed E-state index contributed by atoms with van der Waals surface area (Å²) in [6.07, 6.45) is 0.780. The number of benzene rings is 1. The van der Waals surface area contributed by atoms with E-state index >= 15 is 0 Å². The summed E-state index contributed by atoms with van der Waals surface area (Å²) in [7, 11) is -3.55. The van der Waals surface area contributed by atoms with Crippen LogP contribution in [0.1, 0.15) is 20.3 Å². The minimum atomic E-state index is -3.55. The molecule has 1 aromatic carbocycles. The lowest BCUT2D eigenvalue weighted by molar-refractivity contribution is 0.486. The molecular formula is C12H18Br2N2O2S. The first-order chi connectivity index (χ1) is 8.72. The maximum atomic E-state index is 12.2. The van der Waals surface area contributed by atoms with Gasteiger partial charge in [-0.1, -0.05) is 29.8 Å². The number of nitrogens with one attached hydrogen (secondary N) is 1. The Morgan fingerprint density at radius 1 is 1.32 bits per heavy atom. The molecule has 7 heteroatoms. The van der Waals surface area contributed by atoms with Gasteiger partial charge in [0.05, 0.1) is 4.90 Å². The Kier molecular flexibility index (Phi) is 6.46. The fourth-order valence-electron chi connectivity index (χ4n) is 1.67. The number of sulfonamides is 1. The van der Waals surface area contributed by atoms with Crippen LogP contribution in [0, 0.1) is 5.92 Å². The summed E-state index contributed by atoms with van der Waals surface area (Å²) in [6.45, 7) is 4.35. The van der Waals surface area contributed by atoms with Crippen molar-refractivity contribution in [3.05, 3.63) is 27.1 Å². The number of hydrogen-bond donors (Lipinski definition) is 2. The van der Waals surface area contributed by atoms with Gasteiger partial charge < -0.3 is 5.73 Å². The number of hydrogen-bond acceptors (Lipinski definition) is 3. The molecule has 0 aliphatic rings. The topological polar surface area (TPSA) is 72.2 Å². The molecule has 0 aliphatic heterocycles. The molecule has 0 heterocycles. The molecule has 0 aromatic heterocycles. The molecule has 0 aliphatic carbocycles. The molecule has 0 radical (unpaired) electrons. The van der Waals surface area contributed by atoms with Crippen LogP contribution in [0.5, 0.6) is 0 Å². The molecule has 0 fully saturated rings. The summed E-state index contributed by atoms with van der Waals surface area (Å²) in [5.41, 5.74) is 5.88. The predicted molar refractivity (Wildman–Crippen MR) is 84.5 cm³/mol. The van der Waals surface area contributed by atoms with Crippen LogP contribution in [0.2, 0.25) is 0 Å². The molecule has 1 rings (SSSR count). The second-order valence-electron chi connectivity index (χ2n) is 4.82. The van der Waals surface area contributed by atoms with Crippen molar-refractivity contribution in [3.8, 4) is 0 Å². The van der Waals surface area contributed by atoms with Crippen LogP contribution < -0.4 is 10.5 Å². The van der Waals surface area contributed by atoms with Gasteiger partial charge in [0.25, 0.3) is 0 Å². The average molecular weight is 414 g/mol. The van der Waals surface area contributed by atoms with Crippen molar-refractivity contribution in [3.63, 3.8) is 0 Å². The Labute approximate surface area is 131 Å². The lowest BCUT2D eigenvalue weighted by Crippen LogP contribution is -2.38. The van der Waals surface area contributed by atoms with Crippen molar-refractivity contribution in [2.45, 2.75) is 31.2 Å². The molecule has 1 unspecified atom stereocenters. The molecule has 19 heavy (non-hydrogen) atoms. The second-order valence-corrected chi connectivity index (χ2v) is 8.32. The highest BCUT2D eigenvalue weighted by Gasteiger charge is 2.19. The van der Waals surface area contributed by atoms with Crippen LogP contribution in [0.15, 0.2) is 32.0 Å². The van der Waals surface area contributed by atoms with E-state index in [4.69, 9.17) is 5.73 Å². The molecule has 108 valence electrons. The van der Waals surface area contributed by atoms with Gasteiger partial charge in [-0.15, -0.1) is 0 Å². The van der Waals surface area contributed by atoms with Gasteiger partial charge in [0.1, 0.15) is 0 Å². The smallest absolute Gasteiger partial charge is 0.241 e. The van der Waals surface area contributed by atoms with E-state index in [0.717, 1.165) is 6.42 Å². The van der Waals surface area contributed by atoms with E-state index in [1.165, 1.54) is 0 Å². The summed E-state index contributed by atoms with van der Waals surface area (Å²) in [5, 5.41) is 0. The van der Waals surface area contributed by atoms with E-state index in [-0.39, 0.29) is 17.5 Å². The minimum Gasteiger partial charge on any atom is -0.327 e. The van der Waals surface area contributed by atoms with E-state index in [1.807, 2.05) is 0 Å². The molecule has 3 N–H and O–H groups in total. The average Bonchev–Trinajstić information content (AvgIpc) is 2.29. The van der Waals surface area contributed by atoms with Gasteiger partial charge in [0.15, 0.2) is 0 Å². The lowest BCUT2D eigenvalue weighted by atomic mass is 10.1. The summed E-state index contributed by atoms with van der Waals surface area (Å²) in [5.74, 6) is 0.442. The van der Waals surface area contributed by atoms with Gasteiger partial charge in [-0.25, -0.2) is 13.1 Å². The molecule has 0 spiro atoms. The van der Waals surface area contributed by atoms with Gasteiger partial charge in [0, 0.05) is 21.5 Å². The predicted octanol–water partition coefficient (Wildman–Crippen LogP) is 2.86. The highest BCUT2D eigenvalue weighted by Crippen LogP contribution is 2.25. The van der Waals surface area contributed by atoms with E-state index in [2.05, 4.69) is 50.4 Å². The Morgan fingerprint density at radius 2 is 1.95 bits per heavy atom. The summed E-state index contributed by atoms with van der Waals surface area (Å²) in [4.78, 5) is 0.207. The maximum Gasteiger partial charge on any atom is 0.241 e. The van der Waals surface area contributed by atoms with Crippen LogP contribution >= 0.6 is 31.9 Å². The van der Waals surface area contributed by atoms with Crippen LogP contribution in [-0.4, -0.2) is 21.0 Å². The molecular weight excluding hydrogens is 396 g/mol. The SMILES string of the molecule is CC(C)CC(N)CNS(=O)(=O)c1cc(Br)ccc1Br. The van der Waals surface area contributed by atoms with Gasteiger partial charge in [-0.3, -0.25) is 0 Å². The van der Waals surface area contributed by atoms with E-state index in [9.17, 15) is 8.42 Å². The van der Waals surface area contributed by atoms with Crippen molar-refractivity contribution >= 4 is 41.9 Å². The Bertz CT molecular complexity index is 533. The molecule has 4 nitrogen and oxygen atoms in total. The Balaban J connectivity index is 2.79. The normalized spacial score (nSPS) is 13.8. The quantitative estimate of drug-likeness (QED) is 0.752. The third kappa shape index (κ3) is 5.51. The Morgan fingerprint density at radius 3 is 2.53 bits per heavy atom. The highest BCUT2D eigenvalue weighted by molar-refractivity contribution is 9.11. The second kappa shape index (κ2) is 7.17. The summed E-state index contributed by atoms with van der Waals surface area (Å²) in [6, 6.07) is 4.83. The zero-order valence-corrected chi connectivity index (χ0v) is 14.8. The van der Waals surface area contributed by atoms with E-state index in [1.54, 1.807) is 18.2 Å². The van der Waals surface area contributed by atoms with Crippen molar-refractivity contribution in [1.82, 2.24) is 4.72 Å². The standard InChI is InChI=1S/C12H18Br2N2O2S/c1-8(2)5-10(15)7-16-19(17,18)12-6-9(13)3-4-11(12)14/h3-4,6,8,10,16H,5,7,15H2,1-2H3. The third-order valence-corrected chi connectivity index (χ3v) is 5.40. The van der Waals surface area contributed by atoms with Crippen LogP contribution in [-0.2, 0) is 10.0 Å². The zero-order valence-electron chi connectivity index (χ0n) is 10.9. The number of nitrogens with two attached hydrogens (primary N) is 1. The minimum absolute atomic E-state index is 0.180. The van der Waals surface area contributed by atoms with E-state index in [0.29, 0.717) is 14.9 Å². The first-order valence-electron chi connectivity index (χ1n) is 5.92. The van der Waals surface area contributed by atoms with Crippen LogP contribution in [0.4, 0.5) is 0 Å². The Hall–Kier alpha value is 0.0500. The third-order valence-electron chi connectivity index (χ3n) is 2.49. The molecule has 0 bridgehead atoms.